The lowest BCUT2D eigenvalue weighted by Gasteiger charge is -2.12. The summed E-state index contributed by atoms with van der Waals surface area (Å²) in [4.78, 5) is 0. The normalized spacial score (nSPS) is 10.3. The van der Waals surface area contributed by atoms with Crippen molar-refractivity contribution >= 4 is 35.8 Å². The molecule has 98 valence electrons. The molecule has 0 aliphatic rings. The summed E-state index contributed by atoms with van der Waals surface area (Å²) in [5.41, 5.74) is 1.05. The third-order valence-corrected chi connectivity index (χ3v) is 3.22. The molecule has 0 saturated carbocycles. The first-order chi connectivity index (χ1) is 9.09. The number of hydrogen-bond acceptors (Lipinski definition) is 3. The maximum Gasteiger partial charge on any atom is 0.488 e. The zero-order valence-electron chi connectivity index (χ0n) is 9.88. The number of rotatable bonds is 4. The predicted octanol–water partition coefficient (Wildman–Crippen LogP) is 2.25. The van der Waals surface area contributed by atoms with Gasteiger partial charge in [0.2, 0.25) is 0 Å². The molecule has 2 rings (SSSR count). The van der Waals surface area contributed by atoms with Gasteiger partial charge in [-0.2, -0.15) is 0 Å². The molecule has 0 unspecified atom stereocenters. The third-order valence-electron chi connectivity index (χ3n) is 2.62. The highest BCUT2D eigenvalue weighted by atomic mass is 35.5. The van der Waals surface area contributed by atoms with Gasteiger partial charge in [0.05, 0.1) is 10.0 Å². The Kier molecular flexibility index (Phi) is 4.72. The number of hydrogen-bond donors (Lipinski definition) is 2. The maximum atomic E-state index is 9.26. The molecule has 0 radical (unpaired) electrons. The van der Waals surface area contributed by atoms with E-state index in [1.54, 1.807) is 42.5 Å². The van der Waals surface area contributed by atoms with Gasteiger partial charge < -0.3 is 14.8 Å². The van der Waals surface area contributed by atoms with Crippen molar-refractivity contribution in [1.82, 2.24) is 0 Å². The summed E-state index contributed by atoms with van der Waals surface area (Å²) in [6.07, 6.45) is 0. The van der Waals surface area contributed by atoms with Crippen LogP contribution < -0.4 is 10.2 Å². The lowest BCUT2D eigenvalue weighted by Crippen LogP contribution is -2.33. The lowest BCUT2D eigenvalue weighted by atomic mass is 9.77. The van der Waals surface area contributed by atoms with Gasteiger partial charge in [-0.1, -0.05) is 53.5 Å². The standard InChI is InChI=1S/C13H11BCl2O3/c15-11-6-3-7-12(16)13(11)19-8-9-4-1-2-5-10(9)14(17)18/h1-7,17-18H,8H2. The van der Waals surface area contributed by atoms with Gasteiger partial charge in [-0.15, -0.1) is 0 Å². The summed E-state index contributed by atoms with van der Waals surface area (Å²) < 4.78 is 5.56. The zero-order valence-corrected chi connectivity index (χ0v) is 11.4. The van der Waals surface area contributed by atoms with E-state index in [2.05, 4.69) is 0 Å². The van der Waals surface area contributed by atoms with Crippen LogP contribution in [0.1, 0.15) is 5.56 Å². The summed E-state index contributed by atoms with van der Waals surface area (Å²) in [6, 6.07) is 12.0. The SMILES string of the molecule is OB(O)c1ccccc1COc1c(Cl)cccc1Cl. The topological polar surface area (TPSA) is 49.7 Å². The van der Waals surface area contributed by atoms with Crippen LogP contribution in [-0.4, -0.2) is 17.2 Å². The Labute approximate surface area is 121 Å². The number of halogens is 2. The van der Waals surface area contributed by atoms with Crippen molar-refractivity contribution in [2.24, 2.45) is 0 Å². The molecule has 2 N–H and O–H groups in total. The van der Waals surface area contributed by atoms with E-state index in [0.29, 0.717) is 26.8 Å². The third kappa shape index (κ3) is 3.42. The Hall–Kier alpha value is -1.20. The molecule has 0 spiro atoms. The molecule has 0 aromatic heterocycles. The number of ether oxygens (including phenoxy) is 1. The minimum absolute atomic E-state index is 0.150. The van der Waals surface area contributed by atoms with Crippen LogP contribution in [0.3, 0.4) is 0 Å². The highest BCUT2D eigenvalue weighted by Crippen LogP contribution is 2.32. The van der Waals surface area contributed by atoms with Crippen LogP contribution in [0.2, 0.25) is 10.0 Å². The second-order valence-corrected chi connectivity index (χ2v) is 4.73. The first-order valence-electron chi connectivity index (χ1n) is 5.60. The molecule has 19 heavy (non-hydrogen) atoms. The second kappa shape index (κ2) is 6.30. The van der Waals surface area contributed by atoms with Crippen molar-refractivity contribution in [3.8, 4) is 5.75 Å². The van der Waals surface area contributed by atoms with E-state index in [9.17, 15) is 10.0 Å². The fraction of sp³-hybridized carbons (Fsp3) is 0.0769. The molecule has 0 fully saturated rings. The minimum Gasteiger partial charge on any atom is -0.486 e. The zero-order chi connectivity index (χ0) is 13.8. The molecule has 0 amide bonds. The van der Waals surface area contributed by atoms with Gasteiger partial charge in [0.15, 0.2) is 5.75 Å². The summed E-state index contributed by atoms with van der Waals surface area (Å²) >= 11 is 12.0. The molecule has 0 aliphatic heterocycles. The van der Waals surface area contributed by atoms with Crippen LogP contribution in [-0.2, 0) is 6.61 Å². The lowest BCUT2D eigenvalue weighted by molar-refractivity contribution is 0.306. The Morgan fingerprint density at radius 1 is 0.947 bits per heavy atom. The molecule has 0 bridgehead atoms. The first kappa shape index (κ1) is 14.2. The average Bonchev–Trinajstić information content (AvgIpc) is 2.38. The summed E-state index contributed by atoms with van der Waals surface area (Å²) in [5, 5.41) is 19.3. The van der Waals surface area contributed by atoms with Gasteiger partial charge >= 0.3 is 7.12 Å². The van der Waals surface area contributed by atoms with Gasteiger partial charge in [-0.3, -0.25) is 0 Å². The van der Waals surface area contributed by atoms with Crippen LogP contribution in [0, 0.1) is 0 Å². The largest absolute Gasteiger partial charge is 0.488 e. The van der Waals surface area contributed by atoms with E-state index in [-0.39, 0.29) is 6.61 Å². The van der Waals surface area contributed by atoms with Gasteiger partial charge in [0.1, 0.15) is 6.61 Å². The van der Waals surface area contributed by atoms with E-state index >= 15 is 0 Å². The van der Waals surface area contributed by atoms with Crippen molar-refractivity contribution in [3.05, 3.63) is 58.1 Å². The molecule has 2 aromatic rings. The summed E-state index contributed by atoms with van der Waals surface area (Å²) in [6.45, 7) is 0.150. The summed E-state index contributed by atoms with van der Waals surface area (Å²) in [5.74, 6) is 0.382. The molecule has 0 atom stereocenters. The van der Waals surface area contributed by atoms with Crippen LogP contribution in [0.5, 0.6) is 5.75 Å². The molecule has 0 saturated heterocycles. The first-order valence-corrected chi connectivity index (χ1v) is 6.36. The highest BCUT2D eigenvalue weighted by molar-refractivity contribution is 6.59. The molecule has 0 heterocycles. The fourth-order valence-corrected chi connectivity index (χ4v) is 2.19. The van der Waals surface area contributed by atoms with Crippen molar-refractivity contribution in [2.45, 2.75) is 6.61 Å². The maximum absolute atomic E-state index is 9.26. The van der Waals surface area contributed by atoms with Crippen LogP contribution in [0.15, 0.2) is 42.5 Å². The van der Waals surface area contributed by atoms with Crippen molar-refractivity contribution in [1.29, 1.82) is 0 Å². The quantitative estimate of drug-likeness (QED) is 0.851. The van der Waals surface area contributed by atoms with Gasteiger partial charge in [0.25, 0.3) is 0 Å². The molecular formula is C13H11BCl2O3. The van der Waals surface area contributed by atoms with Crippen molar-refractivity contribution in [2.75, 3.05) is 0 Å². The Balaban J connectivity index is 2.19. The molecule has 3 nitrogen and oxygen atoms in total. The van der Waals surface area contributed by atoms with E-state index < -0.39 is 7.12 Å². The van der Waals surface area contributed by atoms with Crippen molar-refractivity contribution in [3.63, 3.8) is 0 Å². The Bertz CT molecular complexity index is 555. The minimum atomic E-state index is -1.54. The Morgan fingerprint density at radius 2 is 1.58 bits per heavy atom. The number of para-hydroxylation sites is 1. The van der Waals surface area contributed by atoms with E-state index in [1.165, 1.54) is 0 Å². The monoisotopic (exact) mass is 296 g/mol. The molecule has 6 heteroatoms. The van der Waals surface area contributed by atoms with E-state index in [0.717, 1.165) is 0 Å². The smallest absolute Gasteiger partial charge is 0.486 e. The molecule has 2 aromatic carbocycles. The van der Waals surface area contributed by atoms with Crippen LogP contribution in [0.4, 0.5) is 0 Å². The highest BCUT2D eigenvalue weighted by Gasteiger charge is 2.16. The van der Waals surface area contributed by atoms with E-state index in [4.69, 9.17) is 27.9 Å². The molecular weight excluding hydrogens is 286 g/mol. The van der Waals surface area contributed by atoms with Gasteiger partial charge in [-0.05, 0) is 23.2 Å². The van der Waals surface area contributed by atoms with Crippen molar-refractivity contribution < 1.29 is 14.8 Å². The van der Waals surface area contributed by atoms with E-state index in [1.807, 2.05) is 0 Å². The fourth-order valence-electron chi connectivity index (χ4n) is 1.69. The number of benzene rings is 2. The second-order valence-electron chi connectivity index (χ2n) is 3.91. The molecule has 0 aliphatic carbocycles. The van der Waals surface area contributed by atoms with Gasteiger partial charge in [-0.25, -0.2) is 0 Å². The average molecular weight is 297 g/mol. The Morgan fingerprint density at radius 3 is 2.21 bits per heavy atom. The van der Waals surface area contributed by atoms with Gasteiger partial charge in [0, 0.05) is 0 Å². The predicted molar refractivity (Wildman–Crippen MR) is 77.1 cm³/mol. The van der Waals surface area contributed by atoms with Crippen LogP contribution >= 0.6 is 23.2 Å². The van der Waals surface area contributed by atoms with Crippen LogP contribution in [0.25, 0.3) is 0 Å². The summed E-state index contributed by atoms with van der Waals surface area (Å²) in [7, 11) is -1.54.